The molecule has 1 aromatic carbocycles. The van der Waals surface area contributed by atoms with Gasteiger partial charge in [-0.2, -0.15) is 0 Å². The predicted molar refractivity (Wildman–Crippen MR) is 102 cm³/mol. The van der Waals surface area contributed by atoms with Crippen LogP contribution in [0.4, 0.5) is 5.69 Å². The predicted octanol–water partition coefficient (Wildman–Crippen LogP) is 3.30. The Morgan fingerprint density at radius 3 is 2.84 bits per heavy atom. The van der Waals surface area contributed by atoms with E-state index < -0.39 is 6.10 Å². The van der Waals surface area contributed by atoms with Crippen LogP contribution in [0.15, 0.2) is 18.2 Å². The molecule has 5 nitrogen and oxygen atoms in total. The molecule has 0 spiro atoms. The lowest BCUT2D eigenvalue weighted by molar-refractivity contribution is -0.128. The SMILES string of the molecule is Cc1ccc(NC(=O)C2CNCCO2)cc1OCC1CCCCC1.Cl. The molecule has 1 aliphatic heterocycles. The zero-order chi connectivity index (χ0) is 16.8. The summed E-state index contributed by atoms with van der Waals surface area (Å²) in [7, 11) is 0. The van der Waals surface area contributed by atoms with E-state index in [0.717, 1.165) is 30.2 Å². The molecule has 1 saturated carbocycles. The highest BCUT2D eigenvalue weighted by Crippen LogP contribution is 2.27. The average molecular weight is 369 g/mol. The number of nitrogens with one attached hydrogen (secondary N) is 2. The second-order valence-electron chi connectivity index (χ2n) is 6.85. The first kappa shape index (κ1) is 20.0. The highest BCUT2D eigenvalue weighted by Gasteiger charge is 2.22. The van der Waals surface area contributed by atoms with Crippen molar-refractivity contribution in [3.63, 3.8) is 0 Å². The maximum Gasteiger partial charge on any atom is 0.254 e. The van der Waals surface area contributed by atoms with Crippen LogP contribution in [0.25, 0.3) is 0 Å². The molecule has 2 fully saturated rings. The number of rotatable bonds is 5. The summed E-state index contributed by atoms with van der Waals surface area (Å²) >= 11 is 0. The van der Waals surface area contributed by atoms with E-state index in [1.807, 2.05) is 25.1 Å². The number of aryl methyl sites for hydroxylation is 1. The second kappa shape index (κ2) is 10.00. The summed E-state index contributed by atoms with van der Waals surface area (Å²) in [6.45, 7) is 4.74. The topological polar surface area (TPSA) is 59.6 Å². The number of benzene rings is 1. The van der Waals surface area contributed by atoms with E-state index in [2.05, 4.69) is 10.6 Å². The van der Waals surface area contributed by atoms with Crippen molar-refractivity contribution in [2.45, 2.75) is 45.1 Å². The van der Waals surface area contributed by atoms with Crippen molar-refractivity contribution in [1.29, 1.82) is 0 Å². The van der Waals surface area contributed by atoms with Crippen LogP contribution in [0.3, 0.4) is 0 Å². The van der Waals surface area contributed by atoms with Gasteiger partial charge >= 0.3 is 0 Å². The Morgan fingerprint density at radius 1 is 1.32 bits per heavy atom. The van der Waals surface area contributed by atoms with E-state index in [1.165, 1.54) is 32.1 Å². The fourth-order valence-corrected chi connectivity index (χ4v) is 3.35. The summed E-state index contributed by atoms with van der Waals surface area (Å²) in [6, 6.07) is 5.83. The number of morpholine rings is 1. The molecule has 1 saturated heterocycles. The molecular formula is C19H29ClN2O3. The van der Waals surface area contributed by atoms with Gasteiger partial charge in [-0.25, -0.2) is 0 Å². The van der Waals surface area contributed by atoms with Crippen molar-refractivity contribution >= 4 is 24.0 Å². The Labute approximate surface area is 156 Å². The lowest BCUT2D eigenvalue weighted by Crippen LogP contribution is -2.45. The zero-order valence-electron chi connectivity index (χ0n) is 14.9. The van der Waals surface area contributed by atoms with Crippen molar-refractivity contribution in [2.24, 2.45) is 5.92 Å². The van der Waals surface area contributed by atoms with E-state index in [9.17, 15) is 4.79 Å². The third kappa shape index (κ3) is 5.87. The highest BCUT2D eigenvalue weighted by molar-refractivity contribution is 5.94. The van der Waals surface area contributed by atoms with Gasteiger partial charge in [0, 0.05) is 24.8 Å². The molecule has 1 amide bonds. The van der Waals surface area contributed by atoms with Crippen LogP contribution in [-0.4, -0.2) is 38.3 Å². The van der Waals surface area contributed by atoms with Gasteiger partial charge < -0.3 is 20.1 Å². The van der Waals surface area contributed by atoms with Gasteiger partial charge in [-0.1, -0.05) is 25.3 Å². The second-order valence-corrected chi connectivity index (χ2v) is 6.85. The summed E-state index contributed by atoms with van der Waals surface area (Å²) < 4.78 is 11.5. The standard InChI is InChI=1S/C19H28N2O3.ClH/c1-14-7-8-16(21-19(22)18-12-20-9-10-23-18)11-17(14)24-13-15-5-3-2-4-6-15;/h7-8,11,15,18,20H,2-6,9-10,12-13H2,1H3,(H,21,22);1H. The number of hydrogen-bond donors (Lipinski definition) is 2. The van der Waals surface area contributed by atoms with Crippen LogP contribution < -0.4 is 15.4 Å². The average Bonchev–Trinajstić information content (AvgIpc) is 2.63. The number of halogens is 1. The van der Waals surface area contributed by atoms with Crippen molar-refractivity contribution in [1.82, 2.24) is 5.32 Å². The minimum absolute atomic E-state index is 0. The first-order valence-corrected chi connectivity index (χ1v) is 9.09. The zero-order valence-corrected chi connectivity index (χ0v) is 15.7. The molecule has 140 valence electrons. The summed E-state index contributed by atoms with van der Waals surface area (Å²) in [5, 5.41) is 6.10. The number of hydrogen-bond acceptors (Lipinski definition) is 4. The molecule has 1 heterocycles. The van der Waals surface area contributed by atoms with Gasteiger partial charge in [0.25, 0.3) is 5.91 Å². The van der Waals surface area contributed by atoms with E-state index in [1.54, 1.807) is 0 Å². The third-order valence-electron chi connectivity index (χ3n) is 4.88. The molecule has 2 aliphatic rings. The molecule has 1 aliphatic carbocycles. The summed E-state index contributed by atoms with van der Waals surface area (Å²) in [4.78, 5) is 12.3. The largest absolute Gasteiger partial charge is 0.493 e. The van der Waals surface area contributed by atoms with Crippen molar-refractivity contribution in [3.05, 3.63) is 23.8 Å². The Balaban J connectivity index is 0.00000225. The number of amides is 1. The molecule has 0 radical (unpaired) electrons. The fourth-order valence-electron chi connectivity index (χ4n) is 3.35. The molecule has 6 heteroatoms. The Hall–Kier alpha value is -1.30. The quantitative estimate of drug-likeness (QED) is 0.837. The van der Waals surface area contributed by atoms with Gasteiger partial charge in [0.15, 0.2) is 0 Å². The Bertz CT molecular complexity index is 556. The Morgan fingerprint density at radius 2 is 2.12 bits per heavy atom. The van der Waals surface area contributed by atoms with E-state index >= 15 is 0 Å². The lowest BCUT2D eigenvalue weighted by Gasteiger charge is -2.23. The number of ether oxygens (including phenoxy) is 2. The van der Waals surface area contributed by atoms with Crippen LogP contribution in [-0.2, 0) is 9.53 Å². The first-order valence-electron chi connectivity index (χ1n) is 9.09. The van der Waals surface area contributed by atoms with Crippen molar-refractivity contribution in [3.8, 4) is 5.75 Å². The van der Waals surface area contributed by atoms with Gasteiger partial charge in [0.05, 0.1) is 13.2 Å². The molecule has 2 N–H and O–H groups in total. The van der Waals surface area contributed by atoms with Crippen LogP contribution in [0.5, 0.6) is 5.75 Å². The van der Waals surface area contributed by atoms with Crippen LogP contribution in [0.2, 0.25) is 0 Å². The number of carbonyl (C=O) groups is 1. The van der Waals surface area contributed by atoms with Gasteiger partial charge in [0.1, 0.15) is 11.9 Å². The van der Waals surface area contributed by atoms with Gasteiger partial charge in [-0.05, 0) is 37.3 Å². The molecule has 25 heavy (non-hydrogen) atoms. The molecular weight excluding hydrogens is 340 g/mol. The Kier molecular flexibility index (Phi) is 8.00. The fraction of sp³-hybridized carbons (Fsp3) is 0.632. The minimum Gasteiger partial charge on any atom is -0.493 e. The van der Waals surface area contributed by atoms with Gasteiger partial charge in [-0.3, -0.25) is 4.79 Å². The molecule has 3 rings (SSSR count). The smallest absolute Gasteiger partial charge is 0.254 e. The number of anilines is 1. The van der Waals surface area contributed by atoms with Gasteiger partial charge in [-0.15, -0.1) is 12.4 Å². The van der Waals surface area contributed by atoms with Crippen LogP contribution >= 0.6 is 12.4 Å². The molecule has 0 bridgehead atoms. The summed E-state index contributed by atoms with van der Waals surface area (Å²) in [5.74, 6) is 1.42. The maximum absolute atomic E-state index is 12.3. The summed E-state index contributed by atoms with van der Waals surface area (Å²) in [6.07, 6.45) is 6.10. The van der Waals surface area contributed by atoms with Gasteiger partial charge in [0.2, 0.25) is 0 Å². The third-order valence-corrected chi connectivity index (χ3v) is 4.88. The molecule has 1 atom stereocenters. The van der Waals surface area contributed by atoms with Crippen LogP contribution in [0, 0.1) is 12.8 Å². The van der Waals surface area contributed by atoms with Crippen molar-refractivity contribution < 1.29 is 14.3 Å². The first-order chi connectivity index (χ1) is 11.7. The summed E-state index contributed by atoms with van der Waals surface area (Å²) in [5.41, 5.74) is 1.86. The van der Waals surface area contributed by atoms with E-state index in [-0.39, 0.29) is 18.3 Å². The normalized spacial score (nSPS) is 21.2. The van der Waals surface area contributed by atoms with E-state index in [0.29, 0.717) is 19.1 Å². The van der Waals surface area contributed by atoms with E-state index in [4.69, 9.17) is 9.47 Å². The number of carbonyl (C=O) groups excluding carboxylic acids is 1. The monoisotopic (exact) mass is 368 g/mol. The minimum atomic E-state index is -0.424. The van der Waals surface area contributed by atoms with Crippen molar-refractivity contribution in [2.75, 3.05) is 31.6 Å². The molecule has 1 unspecified atom stereocenters. The molecule has 0 aromatic heterocycles. The highest BCUT2D eigenvalue weighted by atomic mass is 35.5. The maximum atomic E-state index is 12.3. The van der Waals surface area contributed by atoms with Crippen LogP contribution in [0.1, 0.15) is 37.7 Å². The lowest BCUT2D eigenvalue weighted by atomic mass is 9.90. The molecule has 1 aromatic rings.